The van der Waals surface area contributed by atoms with Gasteiger partial charge < -0.3 is 4.90 Å². The molecule has 0 radical (unpaired) electrons. The predicted octanol–water partition coefficient (Wildman–Crippen LogP) is 2.42. The van der Waals surface area contributed by atoms with Gasteiger partial charge >= 0.3 is 0 Å². The number of nitrogens with zero attached hydrogens (tertiary/aromatic N) is 1. The summed E-state index contributed by atoms with van der Waals surface area (Å²) in [5.41, 5.74) is 0. The molecular formula is C10H18BrNO. The standard InChI is InChI=1S/C10H18BrNO/c1-4-7(2)8(3)12-6-5-9(11)10(12)13/h7-9H,4-6H2,1-3H3. The van der Waals surface area contributed by atoms with Gasteiger partial charge in [-0.1, -0.05) is 36.2 Å². The highest BCUT2D eigenvalue weighted by molar-refractivity contribution is 9.10. The zero-order chi connectivity index (χ0) is 10.0. The van der Waals surface area contributed by atoms with Crippen molar-refractivity contribution >= 4 is 21.8 Å². The lowest BCUT2D eigenvalue weighted by molar-refractivity contribution is -0.129. The zero-order valence-electron chi connectivity index (χ0n) is 8.59. The Kier molecular flexibility index (Phi) is 3.77. The third kappa shape index (κ3) is 2.25. The van der Waals surface area contributed by atoms with Crippen molar-refractivity contribution in [1.82, 2.24) is 4.90 Å². The molecule has 13 heavy (non-hydrogen) atoms. The quantitative estimate of drug-likeness (QED) is 0.702. The van der Waals surface area contributed by atoms with Gasteiger partial charge in [0.2, 0.25) is 5.91 Å². The topological polar surface area (TPSA) is 20.3 Å². The molecule has 1 amide bonds. The van der Waals surface area contributed by atoms with Crippen molar-refractivity contribution in [2.45, 2.75) is 44.5 Å². The molecule has 0 saturated carbocycles. The van der Waals surface area contributed by atoms with E-state index in [2.05, 4.69) is 36.7 Å². The lowest BCUT2D eigenvalue weighted by atomic mass is 10.00. The van der Waals surface area contributed by atoms with Crippen molar-refractivity contribution < 1.29 is 4.79 Å². The Morgan fingerprint density at radius 3 is 2.62 bits per heavy atom. The fourth-order valence-corrected chi connectivity index (χ4v) is 2.19. The van der Waals surface area contributed by atoms with Gasteiger partial charge in [-0.25, -0.2) is 0 Å². The monoisotopic (exact) mass is 247 g/mol. The van der Waals surface area contributed by atoms with E-state index in [9.17, 15) is 4.79 Å². The molecule has 2 nitrogen and oxygen atoms in total. The Morgan fingerprint density at radius 2 is 2.23 bits per heavy atom. The van der Waals surface area contributed by atoms with Crippen LogP contribution in [0.5, 0.6) is 0 Å². The Morgan fingerprint density at radius 1 is 1.62 bits per heavy atom. The molecule has 0 spiro atoms. The van der Waals surface area contributed by atoms with E-state index in [1.807, 2.05) is 4.90 Å². The van der Waals surface area contributed by atoms with E-state index >= 15 is 0 Å². The molecule has 76 valence electrons. The zero-order valence-corrected chi connectivity index (χ0v) is 10.2. The molecule has 1 heterocycles. The van der Waals surface area contributed by atoms with Gasteiger partial charge in [-0.05, 0) is 19.3 Å². The van der Waals surface area contributed by atoms with Crippen LogP contribution in [0.15, 0.2) is 0 Å². The first-order chi connectivity index (χ1) is 6.07. The number of hydrogen-bond donors (Lipinski definition) is 0. The molecule has 0 aromatic heterocycles. The Balaban J connectivity index is 2.57. The number of halogens is 1. The van der Waals surface area contributed by atoms with E-state index in [1.54, 1.807) is 0 Å². The average Bonchev–Trinajstić information content (AvgIpc) is 2.45. The van der Waals surface area contributed by atoms with Gasteiger partial charge in [0.25, 0.3) is 0 Å². The highest BCUT2D eigenvalue weighted by atomic mass is 79.9. The minimum atomic E-state index is 0.0685. The average molecular weight is 248 g/mol. The number of amides is 1. The lowest BCUT2D eigenvalue weighted by Gasteiger charge is -2.29. The SMILES string of the molecule is CCC(C)C(C)N1CCC(Br)C1=O. The highest BCUT2D eigenvalue weighted by Gasteiger charge is 2.33. The van der Waals surface area contributed by atoms with Crippen LogP contribution < -0.4 is 0 Å². The molecule has 0 N–H and O–H groups in total. The second-order valence-corrected chi connectivity index (χ2v) is 5.02. The van der Waals surface area contributed by atoms with Gasteiger partial charge in [-0.3, -0.25) is 4.79 Å². The summed E-state index contributed by atoms with van der Waals surface area (Å²) in [5.74, 6) is 0.870. The molecule has 3 heteroatoms. The number of alkyl halides is 1. The molecule has 0 aliphatic carbocycles. The van der Waals surface area contributed by atoms with Gasteiger partial charge in [0.1, 0.15) is 0 Å². The number of rotatable bonds is 3. The van der Waals surface area contributed by atoms with Crippen LogP contribution in [-0.2, 0) is 4.79 Å². The summed E-state index contributed by atoms with van der Waals surface area (Å²) in [6, 6.07) is 0.389. The second-order valence-electron chi connectivity index (χ2n) is 3.91. The number of carbonyl (C=O) groups excluding carboxylic acids is 1. The first kappa shape index (κ1) is 11.0. The molecule has 1 aliphatic heterocycles. The fourth-order valence-electron chi connectivity index (χ4n) is 1.72. The molecule has 0 aromatic carbocycles. The van der Waals surface area contributed by atoms with Crippen molar-refractivity contribution in [3.05, 3.63) is 0 Å². The van der Waals surface area contributed by atoms with Crippen molar-refractivity contribution in [1.29, 1.82) is 0 Å². The second kappa shape index (κ2) is 4.45. The maximum absolute atomic E-state index is 11.6. The van der Waals surface area contributed by atoms with E-state index in [-0.39, 0.29) is 10.7 Å². The summed E-state index contributed by atoms with van der Waals surface area (Å²) in [6.45, 7) is 7.45. The first-order valence-electron chi connectivity index (χ1n) is 5.02. The van der Waals surface area contributed by atoms with Gasteiger partial charge in [-0.15, -0.1) is 0 Å². The van der Waals surface area contributed by atoms with Crippen LogP contribution >= 0.6 is 15.9 Å². The number of likely N-dealkylation sites (tertiary alicyclic amines) is 1. The molecule has 3 atom stereocenters. The van der Waals surface area contributed by atoms with Gasteiger partial charge in [0, 0.05) is 12.6 Å². The molecule has 1 rings (SSSR count). The van der Waals surface area contributed by atoms with E-state index in [4.69, 9.17) is 0 Å². The fraction of sp³-hybridized carbons (Fsp3) is 0.900. The summed E-state index contributed by atoms with van der Waals surface area (Å²) < 4.78 is 0. The van der Waals surface area contributed by atoms with Crippen LogP contribution in [0, 0.1) is 5.92 Å². The summed E-state index contributed by atoms with van der Waals surface area (Å²) in [6.07, 6.45) is 2.09. The number of carbonyl (C=O) groups is 1. The minimum Gasteiger partial charge on any atom is -0.339 e. The summed E-state index contributed by atoms with van der Waals surface area (Å²) in [7, 11) is 0. The lowest BCUT2D eigenvalue weighted by Crippen LogP contribution is -2.39. The smallest absolute Gasteiger partial charge is 0.236 e. The molecule has 0 aromatic rings. The molecular weight excluding hydrogens is 230 g/mol. The largest absolute Gasteiger partial charge is 0.339 e. The van der Waals surface area contributed by atoms with Crippen LogP contribution in [0.25, 0.3) is 0 Å². The number of hydrogen-bond acceptors (Lipinski definition) is 1. The van der Waals surface area contributed by atoms with E-state index < -0.39 is 0 Å². The van der Waals surface area contributed by atoms with Crippen LogP contribution in [0.2, 0.25) is 0 Å². The van der Waals surface area contributed by atoms with E-state index in [0.717, 1.165) is 19.4 Å². The summed E-state index contributed by atoms with van der Waals surface area (Å²) in [4.78, 5) is 13.7. The molecule has 3 unspecified atom stereocenters. The third-order valence-corrected chi connectivity index (χ3v) is 3.98. The Bertz CT molecular complexity index is 195. The van der Waals surface area contributed by atoms with Crippen LogP contribution in [0.1, 0.15) is 33.6 Å². The maximum atomic E-state index is 11.6. The maximum Gasteiger partial charge on any atom is 0.236 e. The van der Waals surface area contributed by atoms with Crippen molar-refractivity contribution in [3.8, 4) is 0 Å². The van der Waals surface area contributed by atoms with Crippen LogP contribution in [0.4, 0.5) is 0 Å². The Labute approximate surface area is 88.8 Å². The molecule has 1 aliphatic rings. The van der Waals surface area contributed by atoms with Crippen molar-refractivity contribution in [2.75, 3.05) is 6.54 Å². The highest BCUT2D eigenvalue weighted by Crippen LogP contribution is 2.24. The van der Waals surface area contributed by atoms with Crippen molar-refractivity contribution in [3.63, 3.8) is 0 Å². The molecule has 1 fully saturated rings. The molecule has 1 saturated heterocycles. The normalized spacial score (nSPS) is 27.8. The summed E-state index contributed by atoms with van der Waals surface area (Å²) >= 11 is 3.39. The van der Waals surface area contributed by atoms with Gasteiger partial charge in [0.15, 0.2) is 0 Å². The first-order valence-corrected chi connectivity index (χ1v) is 5.94. The van der Waals surface area contributed by atoms with E-state index in [1.165, 1.54) is 0 Å². The minimum absolute atomic E-state index is 0.0685. The van der Waals surface area contributed by atoms with Crippen molar-refractivity contribution in [2.24, 2.45) is 5.92 Å². The van der Waals surface area contributed by atoms with Crippen LogP contribution in [-0.4, -0.2) is 28.2 Å². The van der Waals surface area contributed by atoms with Gasteiger partial charge in [0.05, 0.1) is 4.83 Å². The summed E-state index contributed by atoms with van der Waals surface area (Å²) in [5, 5.41) is 0. The Hall–Kier alpha value is -0.0500. The third-order valence-electron chi connectivity index (χ3n) is 3.13. The molecule has 0 bridgehead atoms. The predicted molar refractivity (Wildman–Crippen MR) is 58.0 cm³/mol. The van der Waals surface area contributed by atoms with E-state index in [0.29, 0.717) is 12.0 Å². The van der Waals surface area contributed by atoms with Crippen LogP contribution in [0.3, 0.4) is 0 Å². The van der Waals surface area contributed by atoms with Gasteiger partial charge in [-0.2, -0.15) is 0 Å².